The van der Waals surface area contributed by atoms with Crippen LogP contribution >= 0.6 is 0 Å². The lowest BCUT2D eigenvalue weighted by Crippen LogP contribution is -2.02. The molecule has 2 rings (SSSR count). The van der Waals surface area contributed by atoms with Gasteiger partial charge in [0.05, 0.1) is 11.7 Å². The van der Waals surface area contributed by atoms with Crippen LogP contribution in [0.25, 0.3) is 5.76 Å². The Bertz CT molecular complexity index is 435. The summed E-state index contributed by atoms with van der Waals surface area (Å²) in [7, 11) is 0. The summed E-state index contributed by atoms with van der Waals surface area (Å²) in [4.78, 5) is 11.5. The fraction of sp³-hybridized carbons (Fsp3) is 0.308. The third-order valence-electron chi connectivity index (χ3n) is 2.54. The molecule has 0 radical (unpaired) electrons. The van der Waals surface area contributed by atoms with Crippen molar-refractivity contribution in [2.24, 2.45) is 0 Å². The Morgan fingerprint density at radius 3 is 2.75 bits per heavy atom. The van der Waals surface area contributed by atoms with Crippen molar-refractivity contribution in [3.05, 3.63) is 41.5 Å². The van der Waals surface area contributed by atoms with Gasteiger partial charge in [0.25, 0.3) is 0 Å². The summed E-state index contributed by atoms with van der Waals surface area (Å²) in [6.45, 7) is 2.00. The van der Waals surface area contributed by atoms with Crippen LogP contribution in [-0.4, -0.2) is 17.2 Å². The zero-order chi connectivity index (χ0) is 11.5. The maximum absolute atomic E-state index is 11.5. The Labute approximate surface area is 94.4 Å². The highest BCUT2D eigenvalue weighted by molar-refractivity contribution is 6.02. The van der Waals surface area contributed by atoms with Gasteiger partial charge in [-0.05, 0) is 18.6 Å². The Morgan fingerprint density at radius 2 is 2.06 bits per heavy atom. The van der Waals surface area contributed by atoms with Crippen molar-refractivity contribution in [3.8, 4) is 0 Å². The van der Waals surface area contributed by atoms with Crippen LogP contribution in [0.15, 0.2) is 30.3 Å². The first-order chi connectivity index (χ1) is 7.72. The van der Waals surface area contributed by atoms with Crippen LogP contribution in [0.3, 0.4) is 0 Å². The molecule has 0 saturated carbocycles. The van der Waals surface area contributed by atoms with Crippen LogP contribution in [0.1, 0.15) is 35.7 Å². The van der Waals surface area contributed by atoms with Gasteiger partial charge in [-0.3, -0.25) is 0 Å². The van der Waals surface area contributed by atoms with E-state index >= 15 is 0 Å². The molecule has 1 aliphatic heterocycles. The summed E-state index contributed by atoms with van der Waals surface area (Å²) in [6.07, 6.45) is 2.61. The predicted molar refractivity (Wildman–Crippen MR) is 60.7 cm³/mol. The molecule has 0 fully saturated rings. The average molecular weight is 218 g/mol. The van der Waals surface area contributed by atoms with Gasteiger partial charge in [0, 0.05) is 5.56 Å². The second-order valence-electron chi connectivity index (χ2n) is 3.82. The monoisotopic (exact) mass is 218 g/mol. The summed E-state index contributed by atoms with van der Waals surface area (Å²) in [6, 6.07) is 7.20. The van der Waals surface area contributed by atoms with Crippen LogP contribution in [0, 0.1) is 0 Å². The maximum atomic E-state index is 11.5. The number of carbonyl (C=O) groups is 1. The maximum Gasteiger partial charge on any atom is 0.344 e. The SMILES string of the molecule is CCCC(O)/C=C1/OC(=O)c2ccccc21. The average Bonchev–Trinajstić information content (AvgIpc) is 2.57. The summed E-state index contributed by atoms with van der Waals surface area (Å²) in [5, 5.41) is 9.65. The van der Waals surface area contributed by atoms with Gasteiger partial charge in [0.1, 0.15) is 5.76 Å². The van der Waals surface area contributed by atoms with Crippen molar-refractivity contribution >= 4 is 11.7 Å². The third-order valence-corrected chi connectivity index (χ3v) is 2.54. The minimum absolute atomic E-state index is 0.342. The van der Waals surface area contributed by atoms with Crippen molar-refractivity contribution in [3.63, 3.8) is 0 Å². The number of fused-ring (bicyclic) bond motifs is 1. The molecule has 3 nitrogen and oxygen atoms in total. The molecule has 0 saturated heterocycles. The topological polar surface area (TPSA) is 46.5 Å². The number of hydrogen-bond donors (Lipinski definition) is 1. The van der Waals surface area contributed by atoms with Gasteiger partial charge in [0.15, 0.2) is 0 Å². The lowest BCUT2D eigenvalue weighted by Gasteiger charge is -2.04. The first-order valence-electron chi connectivity index (χ1n) is 5.44. The van der Waals surface area contributed by atoms with E-state index in [1.807, 2.05) is 19.1 Å². The Hall–Kier alpha value is -1.61. The molecule has 1 unspecified atom stereocenters. The molecular formula is C13H14O3. The zero-order valence-corrected chi connectivity index (χ0v) is 9.14. The minimum atomic E-state index is -0.557. The lowest BCUT2D eigenvalue weighted by atomic mass is 10.1. The quantitative estimate of drug-likeness (QED) is 0.792. The van der Waals surface area contributed by atoms with Gasteiger partial charge in [-0.1, -0.05) is 31.5 Å². The highest BCUT2D eigenvalue weighted by atomic mass is 16.5. The standard InChI is InChI=1S/C13H14O3/c1-2-5-9(14)8-12-10-6-3-4-7-11(10)13(15)16-12/h3-4,6-9,14H,2,5H2,1H3/b12-8+. The van der Waals surface area contributed by atoms with E-state index in [1.54, 1.807) is 18.2 Å². The Kier molecular flexibility index (Phi) is 3.06. The number of rotatable bonds is 3. The molecule has 1 aromatic rings. The number of hydrogen-bond acceptors (Lipinski definition) is 3. The number of cyclic esters (lactones) is 1. The molecule has 84 valence electrons. The second kappa shape index (κ2) is 4.49. The highest BCUT2D eigenvalue weighted by Crippen LogP contribution is 2.29. The number of esters is 1. The predicted octanol–water partition coefficient (Wildman–Crippen LogP) is 2.36. The van der Waals surface area contributed by atoms with Crippen LogP contribution in [0.4, 0.5) is 0 Å². The zero-order valence-electron chi connectivity index (χ0n) is 9.14. The fourth-order valence-corrected chi connectivity index (χ4v) is 1.76. The van der Waals surface area contributed by atoms with Gasteiger partial charge in [-0.15, -0.1) is 0 Å². The van der Waals surface area contributed by atoms with E-state index in [0.717, 1.165) is 12.0 Å². The van der Waals surface area contributed by atoms with Crippen LogP contribution in [-0.2, 0) is 4.74 Å². The van der Waals surface area contributed by atoms with Crippen molar-refractivity contribution in [2.75, 3.05) is 0 Å². The van der Waals surface area contributed by atoms with E-state index in [0.29, 0.717) is 17.7 Å². The first kappa shape index (κ1) is 10.9. The van der Waals surface area contributed by atoms with Gasteiger partial charge in [0.2, 0.25) is 0 Å². The van der Waals surface area contributed by atoms with Gasteiger partial charge >= 0.3 is 5.97 Å². The molecule has 3 heteroatoms. The molecule has 16 heavy (non-hydrogen) atoms. The van der Waals surface area contributed by atoms with Gasteiger partial charge in [-0.2, -0.15) is 0 Å². The summed E-state index contributed by atoms with van der Waals surface area (Å²) in [5.74, 6) is 0.132. The van der Waals surface area contributed by atoms with Gasteiger partial charge in [-0.25, -0.2) is 4.79 Å². The molecule has 1 aromatic carbocycles. The van der Waals surface area contributed by atoms with E-state index in [4.69, 9.17) is 4.74 Å². The molecule has 0 aromatic heterocycles. The number of aliphatic hydroxyl groups is 1. The second-order valence-corrected chi connectivity index (χ2v) is 3.82. The van der Waals surface area contributed by atoms with E-state index < -0.39 is 6.10 Å². The van der Waals surface area contributed by atoms with Gasteiger partial charge < -0.3 is 9.84 Å². The molecule has 0 amide bonds. The summed E-state index contributed by atoms with van der Waals surface area (Å²) >= 11 is 0. The number of benzene rings is 1. The Morgan fingerprint density at radius 1 is 1.38 bits per heavy atom. The molecule has 1 heterocycles. The summed E-state index contributed by atoms with van der Waals surface area (Å²) in [5.41, 5.74) is 1.33. The number of ether oxygens (including phenoxy) is 1. The minimum Gasteiger partial charge on any atom is -0.422 e. The lowest BCUT2D eigenvalue weighted by molar-refractivity contribution is 0.0713. The number of carbonyl (C=O) groups excluding carboxylic acids is 1. The number of aliphatic hydroxyl groups excluding tert-OH is 1. The smallest absolute Gasteiger partial charge is 0.344 e. The van der Waals surface area contributed by atoms with E-state index in [-0.39, 0.29) is 5.97 Å². The third kappa shape index (κ3) is 1.99. The Balaban J connectivity index is 2.30. The largest absolute Gasteiger partial charge is 0.422 e. The molecule has 0 bridgehead atoms. The van der Waals surface area contributed by atoms with Crippen molar-refractivity contribution < 1.29 is 14.6 Å². The molecule has 0 aliphatic carbocycles. The highest BCUT2D eigenvalue weighted by Gasteiger charge is 2.25. The van der Waals surface area contributed by atoms with Crippen molar-refractivity contribution in [1.82, 2.24) is 0 Å². The fourth-order valence-electron chi connectivity index (χ4n) is 1.76. The van der Waals surface area contributed by atoms with Crippen LogP contribution in [0.2, 0.25) is 0 Å². The first-order valence-corrected chi connectivity index (χ1v) is 5.44. The molecule has 1 aliphatic rings. The van der Waals surface area contributed by atoms with E-state index in [2.05, 4.69) is 0 Å². The van der Waals surface area contributed by atoms with E-state index in [1.165, 1.54) is 0 Å². The summed E-state index contributed by atoms with van der Waals surface area (Å²) < 4.78 is 5.11. The van der Waals surface area contributed by atoms with Crippen molar-refractivity contribution in [1.29, 1.82) is 0 Å². The van der Waals surface area contributed by atoms with Crippen molar-refractivity contribution in [2.45, 2.75) is 25.9 Å². The molecule has 1 N–H and O–H groups in total. The van der Waals surface area contributed by atoms with Crippen LogP contribution < -0.4 is 0 Å². The van der Waals surface area contributed by atoms with Crippen LogP contribution in [0.5, 0.6) is 0 Å². The molecule has 0 spiro atoms. The van der Waals surface area contributed by atoms with E-state index in [9.17, 15) is 9.90 Å². The normalized spacial score (nSPS) is 18.4. The molecular weight excluding hydrogens is 204 g/mol. The molecule has 1 atom stereocenters.